The van der Waals surface area contributed by atoms with Crippen LogP contribution in [0.15, 0.2) is 17.3 Å². The smallest absolute Gasteiger partial charge is 0.0819 e. The third kappa shape index (κ3) is 0.847. The summed E-state index contributed by atoms with van der Waals surface area (Å²) < 4.78 is 1.24. The Morgan fingerprint density at radius 2 is 2.40 bits per heavy atom. The van der Waals surface area contributed by atoms with E-state index in [1.807, 2.05) is 18.5 Å². The molecular weight excluding hydrogens is 239 g/mol. The van der Waals surface area contributed by atoms with Crippen molar-refractivity contribution in [2.24, 2.45) is 4.99 Å². The number of aliphatic imine (C=N–C) groups is 1. The van der Waals surface area contributed by atoms with Crippen LogP contribution in [0.5, 0.6) is 0 Å². The normalized spacial score (nSPS) is 13.7. The minimum Gasteiger partial charge on any atom is -0.286 e. The second kappa shape index (κ2) is 2.30. The Morgan fingerprint density at radius 1 is 1.50 bits per heavy atom. The van der Waals surface area contributed by atoms with Gasteiger partial charge in [-0.15, -0.1) is 0 Å². The Hall–Kier alpha value is -0.450. The maximum Gasteiger partial charge on any atom is 0.0819 e. The summed E-state index contributed by atoms with van der Waals surface area (Å²) in [5.41, 5.74) is 2.30. The summed E-state index contributed by atoms with van der Waals surface area (Å²) in [4.78, 5) is 8.31. The zero-order chi connectivity index (χ0) is 6.97. The fourth-order valence-corrected chi connectivity index (χ4v) is 1.59. The van der Waals surface area contributed by atoms with E-state index < -0.39 is 0 Å². The summed E-state index contributed by atoms with van der Waals surface area (Å²) in [5, 5.41) is 0. The van der Waals surface area contributed by atoms with Crippen LogP contribution >= 0.6 is 22.6 Å². The van der Waals surface area contributed by atoms with Gasteiger partial charge >= 0.3 is 0 Å². The minimum absolute atomic E-state index is 0.756. The lowest BCUT2D eigenvalue weighted by molar-refractivity contribution is 1.02. The van der Waals surface area contributed by atoms with Gasteiger partial charge in [0.05, 0.1) is 12.2 Å². The van der Waals surface area contributed by atoms with Crippen LogP contribution in [0.4, 0.5) is 0 Å². The van der Waals surface area contributed by atoms with Crippen molar-refractivity contribution in [3.63, 3.8) is 0 Å². The number of hydrogen-bond acceptors (Lipinski definition) is 2. The monoisotopic (exact) mass is 244 g/mol. The van der Waals surface area contributed by atoms with Gasteiger partial charge < -0.3 is 0 Å². The molecule has 0 amide bonds. The summed E-state index contributed by atoms with van der Waals surface area (Å²) in [6, 6.07) is 2.00. The van der Waals surface area contributed by atoms with E-state index in [1.165, 1.54) is 9.13 Å². The zero-order valence-corrected chi connectivity index (χ0v) is 7.37. The SMILES string of the molecule is Ic1ccnc2c1C=NC2. The summed E-state index contributed by atoms with van der Waals surface area (Å²) in [6.07, 6.45) is 3.72. The molecule has 0 fully saturated rings. The van der Waals surface area contributed by atoms with Crippen molar-refractivity contribution in [3.8, 4) is 0 Å². The van der Waals surface area contributed by atoms with Gasteiger partial charge in [-0.2, -0.15) is 0 Å². The van der Waals surface area contributed by atoms with Crippen molar-refractivity contribution in [1.29, 1.82) is 0 Å². The number of pyridine rings is 1. The number of fused-ring (bicyclic) bond motifs is 1. The Bertz CT molecular complexity index is 294. The van der Waals surface area contributed by atoms with Gasteiger partial charge in [0.1, 0.15) is 0 Å². The number of nitrogens with zero attached hydrogens (tertiary/aromatic N) is 2. The number of rotatable bonds is 0. The van der Waals surface area contributed by atoms with Crippen LogP contribution in [0.25, 0.3) is 0 Å². The Labute approximate surface area is 72.5 Å². The molecule has 0 aromatic carbocycles. The third-order valence-corrected chi connectivity index (χ3v) is 2.42. The van der Waals surface area contributed by atoms with Crippen molar-refractivity contribution in [2.75, 3.05) is 0 Å². The molecule has 0 saturated heterocycles. The van der Waals surface area contributed by atoms with Crippen molar-refractivity contribution < 1.29 is 0 Å². The minimum atomic E-state index is 0.756. The second-order valence-electron chi connectivity index (χ2n) is 2.12. The largest absolute Gasteiger partial charge is 0.286 e. The van der Waals surface area contributed by atoms with Crippen LogP contribution in [-0.4, -0.2) is 11.2 Å². The van der Waals surface area contributed by atoms with E-state index in [2.05, 4.69) is 32.6 Å². The molecule has 0 N–H and O–H groups in total. The van der Waals surface area contributed by atoms with Crippen LogP contribution in [0.1, 0.15) is 11.3 Å². The van der Waals surface area contributed by atoms with Gasteiger partial charge in [-0.3, -0.25) is 9.98 Å². The maximum absolute atomic E-state index is 4.19. The molecule has 0 saturated carbocycles. The average Bonchev–Trinajstić information content (AvgIpc) is 2.36. The van der Waals surface area contributed by atoms with Gasteiger partial charge in [-0.1, -0.05) is 0 Å². The molecule has 0 bridgehead atoms. The second-order valence-corrected chi connectivity index (χ2v) is 3.29. The number of hydrogen-bond donors (Lipinski definition) is 0. The van der Waals surface area contributed by atoms with Crippen molar-refractivity contribution in [3.05, 3.63) is 27.1 Å². The van der Waals surface area contributed by atoms with Crippen LogP contribution in [-0.2, 0) is 6.54 Å². The van der Waals surface area contributed by atoms with E-state index in [-0.39, 0.29) is 0 Å². The van der Waals surface area contributed by atoms with Crippen molar-refractivity contribution in [2.45, 2.75) is 6.54 Å². The van der Waals surface area contributed by atoms with E-state index in [0.717, 1.165) is 12.2 Å². The average molecular weight is 244 g/mol. The highest BCUT2D eigenvalue weighted by atomic mass is 127. The van der Waals surface area contributed by atoms with Crippen LogP contribution in [0.2, 0.25) is 0 Å². The standard InChI is InChI=1S/C7H5IN2/c8-6-1-2-10-7-4-9-3-5(6)7/h1-3H,4H2. The molecule has 10 heavy (non-hydrogen) atoms. The molecule has 1 aromatic rings. The fourth-order valence-electron chi connectivity index (χ4n) is 0.975. The lowest BCUT2D eigenvalue weighted by Crippen LogP contribution is -1.91. The van der Waals surface area contributed by atoms with E-state index in [4.69, 9.17) is 0 Å². The first-order chi connectivity index (χ1) is 4.88. The molecule has 0 spiro atoms. The molecule has 50 valence electrons. The molecule has 0 atom stereocenters. The highest BCUT2D eigenvalue weighted by molar-refractivity contribution is 14.1. The predicted molar refractivity (Wildman–Crippen MR) is 48.3 cm³/mol. The highest BCUT2D eigenvalue weighted by Gasteiger charge is 2.08. The van der Waals surface area contributed by atoms with E-state index in [0.29, 0.717) is 0 Å². The topological polar surface area (TPSA) is 25.2 Å². The molecule has 1 aliphatic heterocycles. The molecule has 2 rings (SSSR count). The fraction of sp³-hybridized carbons (Fsp3) is 0.143. The Morgan fingerprint density at radius 3 is 3.20 bits per heavy atom. The Balaban J connectivity index is 2.67. The first-order valence-electron chi connectivity index (χ1n) is 3.01. The third-order valence-electron chi connectivity index (χ3n) is 1.48. The highest BCUT2D eigenvalue weighted by Crippen LogP contribution is 2.17. The molecular formula is C7H5IN2. The van der Waals surface area contributed by atoms with Gasteiger partial charge in [0.25, 0.3) is 0 Å². The van der Waals surface area contributed by atoms with E-state index >= 15 is 0 Å². The summed E-state index contributed by atoms with van der Waals surface area (Å²) >= 11 is 2.29. The lowest BCUT2D eigenvalue weighted by Gasteiger charge is -1.95. The van der Waals surface area contributed by atoms with Gasteiger partial charge in [-0.05, 0) is 28.7 Å². The molecule has 0 aliphatic carbocycles. The van der Waals surface area contributed by atoms with Gasteiger partial charge in [-0.25, -0.2) is 0 Å². The molecule has 0 radical (unpaired) electrons. The quantitative estimate of drug-likeness (QED) is 0.636. The van der Waals surface area contributed by atoms with Gasteiger partial charge in [0.2, 0.25) is 0 Å². The number of aromatic nitrogens is 1. The van der Waals surface area contributed by atoms with Gasteiger partial charge in [0.15, 0.2) is 0 Å². The van der Waals surface area contributed by atoms with Crippen LogP contribution < -0.4 is 0 Å². The first kappa shape index (κ1) is 6.27. The summed E-state index contributed by atoms with van der Waals surface area (Å²) in [6.45, 7) is 0.756. The maximum atomic E-state index is 4.19. The van der Waals surface area contributed by atoms with Crippen molar-refractivity contribution in [1.82, 2.24) is 4.98 Å². The molecule has 0 unspecified atom stereocenters. The summed E-state index contributed by atoms with van der Waals surface area (Å²) in [5.74, 6) is 0. The summed E-state index contributed by atoms with van der Waals surface area (Å²) in [7, 11) is 0. The van der Waals surface area contributed by atoms with E-state index in [9.17, 15) is 0 Å². The van der Waals surface area contributed by atoms with Gasteiger partial charge in [0, 0.05) is 21.5 Å². The Kier molecular flexibility index (Phi) is 1.44. The zero-order valence-electron chi connectivity index (χ0n) is 5.21. The molecule has 2 nitrogen and oxygen atoms in total. The number of halogens is 1. The molecule has 3 heteroatoms. The molecule has 1 aliphatic rings. The predicted octanol–water partition coefficient (Wildman–Crippen LogP) is 1.62. The van der Waals surface area contributed by atoms with Crippen molar-refractivity contribution >= 4 is 28.8 Å². The van der Waals surface area contributed by atoms with Crippen LogP contribution in [0, 0.1) is 3.57 Å². The molecule has 1 aromatic heterocycles. The lowest BCUT2D eigenvalue weighted by atomic mass is 10.2. The van der Waals surface area contributed by atoms with Crippen LogP contribution in [0.3, 0.4) is 0 Å². The van der Waals surface area contributed by atoms with E-state index in [1.54, 1.807) is 0 Å². The first-order valence-corrected chi connectivity index (χ1v) is 4.09. The molecule has 2 heterocycles.